The first-order chi connectivity index (χ1) is 12.2. The summed E-state index contributed by atoms with van der Waals surface area (Å²) < 4.78 is 16.9. The molecule has 5 nitrogen and oxygen atoms in total. The first-order valence-electron chi connectivity index (χ1n) is 9.02. The lowest BCUT2D eigenvalue weighted by atomic mass is 10.1. The highest BCUT2D eigenvalue weighted by Crippen LogP contribution is 2.34. The molecule has 134 valence electrons. The fourth-order valence-electron chi connectivity index (χ4n) is 3.01. The van der Waals surface area contributed by atoms with E-state index in [0.717, 1.165) is 36.8 Å². The molecule has 0 amide bonds. The van der Waals surface area contributed by atoms with E-state index in [9.17, 15) is 4.79 Å². The number of benzene rings is 1. The molecule has 1 aromatic carbocycles. The number of rotatable bonds is 9. The Morgan fingerprint density at radius 3 is 2.64 bits per heavy atom. The number of fused-ring (bicyclic) bond motifs is 2. The van der Waals surface area contributed by atoms with Gasteiger partial charge in [0.2, 0.25) is 5.75 Å². The van der Waals surface area contributed by atoms with Crippen molar-refractivity contribution < 1.29 is 13.6 Å². The third kappa shape index (κ3) is 4.04. The Morgan fingerprint density at radius 1 is 1.04 bits per heavy atom. The molecule has 0 aliphatic rings. The monoisotopic (exact) mass is 343 g/mol. The van der Waals surface area contributed by atoms with Gasteiger partial charge in [-0.25, -0.2) is 4.79 Å². The minimum atomic E-state index is -0.389. The number of furan rings is 1. The van der Waals surface area contributed by atoms with E-state index in [4.69, 9.17) is 13.6 Å². The number of unbranched alkanes of at least 4 members (excludes halogenated alkanes) is 1. The van der Waals surface area contributed by atoms with Gasteiger partial charge < -0.3 is 18.5 Å². The average Bonchev–Trinajstić information content (AvgIpc) is 3.08. The van der Waals surface area contributed by atoms with Crippen molar-refractivity contribution in [2.75, 3.05) is 26.2 Å². The Bertz CT molecular complexity index is 880. The largest absolute Gasteiger partial charge is 0.486 e. The van der Waals surface area contributed by atoms with E-state index >= 15 is 0 Å². The number of ether oxygens (including phenoxy) is 1. The van der Waals surface area contributed by atoms with Crippen LogP contribution in [0.5, 0.6) is 5.75 Å². The summed E-state index contributed by atoms with van der Waals surface area (Å²) >= 11 is 0. The van der Waals surface area contributed by atoms with Crippen LogP contribution in [0, 0.1) is 0 Å². The van der Waals surface area contributed by atoms with Crippen LogP contribution in [-0.4, -0.2) is 31.1 Å². The second-order valence-corrected chi connectivity index (χ2v) is 6.21. The van der Waals surface area contributed by atoms with E-state index in [1.807, 2.05) is 12.1 Å². The zero-order chi connectivity index (χ0) is 17.6. The smallest absolute Gasteiger partial charge is 0.336 e. The van der Waals surface area contributed by atoms with Crippen molar-refractivity contribution >= 4 is 21.9 Å². The first kappa shape index (κ1) is 17.5. The lowest BCUT2D eigenvalue weighted by Gasteiger charge is -2.20. The number of hydrogen-bond acceptors (Lipinski definition) is 5. The molecular weight excluding hydrogens is 318 g/mol. The minimum Gasteiger partial charge on any atom is -0.486 e. The molecule has 0 saturated heterocycles. The normalized spacial score (nSPS) is 11.6. The van der Waals surface area contributed by atoms with Gasteiger partial charge in [0.1, 0.15) is 0 Å². The second kappa shape index (κ2) is 8.21. The fraction of sp³-hybridized carbons (Fsp3) is 0.450. The summed E-state index contributed by atoms with van der Waals surface area (Å²) in [4.78, 5) is 14.0. The molecule has 0 aliphatic carbocycles. The average molecular weight is 343 g/mol. The predicted octanol–water partition coefficient (Wildman–Crippen LogP) is 4.43. The Labute approximate surface area is 147 Å². The third-order valence-corrected chi connectivity index (χ3v) is 4.42. The van der Waals surface area contributed by atoms with Gasteiger partial charge in [-0.15, -0.1) is 0 Å². The van der Waals surface area contributed by atoms with E-state index < -0.39 is 0 Å². The fourth-order valence-corrected chi connectivity index (χ4v) is 3.01. The molecule has 0 atom stereocenters. The first-order valence-corrected chi connectivity index (χ1v) is 9.02. The van der Waals surface area contributed by atoms with Crippen LogP contribution in [0.2, 0.25) is 0 Å². The molecule has 0 bridgehead atoms. The van der Waals surface area contributed by atoms with Gasteiger partial charge >= 0.3 is 5.63 Å². The minimum absolute atomic E-state index is 0.389. The summed E-state index contributed by atoms with van der Waals surface area (Å²) in [7, 11) is 0. The Kier molecular flexibility index (Phi) is 5.76. The maximum absolute atomic E-state index is 11.6. The van der Waals surface area contributed by atoms with Crippen LogP contribution in [0.3, 0.4) is 0 Å². The molecule has 3 aromatic rings. The highest BCUT2D eigenvalue weighted by atomic mass is 16.5. The van der Waals surface area contributed by atoms with Gasteiger partial charge in [0, 0.05) is 23.4 Å². The van der Waals surface area contributed by atoms with Gasteiger partial charge in [-0.2, -0.15) is 0 Å². The molecule has 5 heteroatoms. The van der Waals surface area contributed by atoms with Crippen molar-refractivity contribution in [1.82, 2.24) is 4.90 Å². The summed E-state index contributed by atoms with van der Waals surface area (Å²) in [5.41, 5.74) is 0.688. The summed E-state index contributed by atoms with van der Waals surface area (Å²) in [5, 5.41) is 1.77. The zero-order valence-electron chi connectivity index (χ0n) is 14.9. The van der Waals surface area contributed by atoms with Crippen molar-refractivity contribution in [2.24, 2.45) is 0 Å². The molecule has 0 radical (unpaired) electrons. The van der Waals surface area contributed by atoms with E-state index in [-0.39, 0.29) is 5.63 Å². The number of hydrogen-bond donors (Lipinski definition) is 0. The van der Waals surface area contributed by atoms with Crippen LogP contribution in [-0.2, 0) is 0 Å². The lowest BCUT2D eigenvalue weighted by molar-refractivity contribution is 0.239. The second-order valence-electron chi connectivity index (χ2n) is 6.21. The maximum Gasteiger partial charge on any atom is 0.336 e. The summed E-state index contributed by atoms with van der Waals surface area (Å²) in [6, 6.07) is 7.00. The molecule has 2 heterocycles. The molecule has 3 rings (SSSR count). The van der Waals surface area contributed by atoms with Gasteiger partial charge in [-0.1, -0.05) is 20.3 Å². The topological polar surface area (TPSA) is 55.8 Å². The van der Waals surface area contributed by atoms with E-state index in [1.54, 1.807) is 12.3 Å². The van der Waals surface area contributed by atoms with Crippen molar-refractivity contribution in [1.29, 1.82) is 0 Å². The van der Waals surface area contributed by atoms with Crippen molar-refractivity contribution in [3.63, 3.8) is 0 Å². The Balaban J connectivity index is 1.74. The van der Waals surface area contributed by atoms with Crippen LogP contribution >= 0.6 is 0 Å². The van der Waals surface area contributed by atoms with Crippen LogP contribution < -0.4 is 10.4 Å². The van der Waals surface area contributed by atoms with Crippen LogP contribution in [0.25, 0.3) is 21.9 Å². The lowest BCUT2D eigenvalue weighted by Crippen LogP contribution is -2.26. The Hall–Kier alpha value is -2.27. The summed E-state index contributed by atoms with van der Waals surface area (Å²) in [6.45, 7) is 8.11. The third-order valence-electron chi connectivity index (χ3n) is 4.42. The highest BCUT2D eigenvalue weighted by Gasteiger charge is 2.14. The van der Waals surface area contributed by atoms with E-state index in [1.165, 1.54) is 18.9 Å². The highest BCUT2D eigenvalue weighted by molar-refractivity contribution is 5.99. The summed E-state index contributed by atoms with van der Waals surface area (Å²) in [5.74, 6) is 0.520. The standard InChI is InChI=1S/C20H25NO4/c1-3-5-10-21(4-2)11-6-12-23-20-18-16(9-13-24-18)14-15-7-8-17(22)25-19(15)20/h7-9,13-14H,3-6,10-12H2,1-2H3. The molecule has 25 heavy (non-hydrogen) atoms. The molecule has 0 N–H and O–H groups in total. The maximum atomic E-state index is 11.6. The zero-order valence-corrected chi connectivity index (χ0v) is 14.9. The molecule has 2 aromatic heterocycles. The van der Waals surface area contributed by atoms with E-state index in [2.05, 4.69) is 18.7 Å². The van der Waals surface area contributed by atoms with Crippen molar-refractivity contribution in [3.05, 3.63) is 40.9 Å². The van der Waals surface area contributed by atoms with Crippen LogP contribution in [0.1, 0.15) is 33.1 Å². The molecule has 0 fully saturated rings. The molecule has 0 spiro atoms. The molecule has 0 unspecified atom stereocenters. The summed E-state index contributed by atoms with van der Waals surface area (Å²) in [6.07, 6.45) is 4.96. The van der Waals surface area contributed by atoms with Crippen LogP contribution in [0.4, 0.5) is 0 Å². The SMILES string of the molecule is CCCCN(CC)CCCOc1c2occc2cc2ccc(=O)oc12. The van der Waals surface area contributed by atoms with E-state index in [0.29, 0.717) is 23.5 Å². The van der Waals surface area contributed by atoms with Gasteiger partial charge in [0.15, 0.2) is 11.2 Å². The predicted molar refractivity (Wildman–Crippen MR) is 99.4 cm³/mol. The van der Waals surface area contributed by atoms with Gasteiger partial charge in [-0.05, 0) is 44.1 Å². The van der Waals surface area contributed by atoms with Gasteiger partial charge in [0.05, 0.1) is 12.9 Å². The molecule has 0 aliphatic heterocycles. The van der Waals surface area contributed by atoms with Gasteiger partial charge in [-0.3, -0.25) is 0 Å². The number of nitrogens with zero attached hydrogens (tertiary/aromatic N) is 1. The van der Waals surface area contributed by atoms with Crippen molar-refractivity contribution in [2.45, 2.75) is 33.1 Å². The van der Waals surface area contributed by atoms with Crippen LogP contribution in [0.15, 0.2) is 44.2 Å². The molecular formula is C20H25NO4. The van der Waals surface area contributed by atoms with Gasteiger partial charge in [0.25, 0.3) is 0 Å². The quantitative estimate of drug-likeness (QED) is 0.425. The Morgan fingerprint density at radius 2 is 1.84 bits per heavy atom. The molecule has 0 saturated carbocycles. The van der Waals surface area contributed by atoms with Crippen molar-refractivity contribution in [3.8, 4) is 5.75 Å².